The molecule has 0 spiro atoms. The minimum absolute atomic E-state index is 0.171. The van der Waals surface area contributed by atoms with Gasteiger partial charge < -0.3 is 15.0 Å². The van der Waals surface area contributed by atoms with Gasteiger partial charge in [-0.2, -0.15) is 4.98 Å². The molecule has 1 saturated carbocycles. The zero-order valence-corrected chi connectivity index (χ0v) is 13.8. The van der Waals surface area contributed by atoms with Crippen molar-refractivity contribution >= 4 is 0 Å². The average Bonchev–Trinajstić information content (AvgIpc) is 2.92. The van der Waals surface area contributed by atoms with Crippen molar-refractivity contribution in [3.05, 3.63) is 11.7 Å². The number of hydrogen-bond acceptors (Lipinski definition) is 5. The largest absolute Gasteiger partial charge is 0.367 e. The van der Waals surface area contributed by atoms with E-state index in [0.717, 1.165) is 38.5 Å². The van der Waals surface area contributed by atoms with Crippen LogP contribution in [0.5, 0.6) is 0 Å². The maximum atomic E-state index is 6.08. The van der Waals surface area contributed by atoms with E-state index in [-0.39, 0.29) is 6.04 Å². The summed E-state index contributed by atoms with van der Waals surface area (Å²) in [7, 11) is 0. The normalized spacial score (nSPS) is 22.1. The Morgan fingerprint density at radius 3 is 2.48 bits per heavy atom. The highest BCUT2D eigenvalue weighted by Crippen LogP contribution is 2.46. The number of ether oxygens (including phenoxy) is 1. The molecule has 1 aliphatic rings. The van der Waals surface area contributed by atoms with E-state index in [1.54, 1.807) is 0 Å². The first-order valence-corrected chi connectivity index (χ1v) is 8.16. The molecule has 2 rings (SSSR count). The van der Waals surface area contributed by atoms with E-state index in [4.69, 9.17) is 15.0 Å². The molecule has 5 nitrogen and oxygen atoms in total. The summed E-state index contributed by atoms with van der Waals surface area (Å²) in [6, 6.07) is -0.171. The molecule has 1 fully saturated rings. The Hall–Kier alpha value is -0.940. The molecular formula is C16H29N3O2. The van der Waals surface area contributed by atoms with Crippen molar-refractivity contribution in [2.75, 3.05) is 6.61 Å². The Kier molecular flexibility index (Phi) is 5.04. The van der Waals surface area contributed by atoms with Crippen LogP contribution in [0, 0.1) is 5.41 Å². The molecule has 21 heavy (non-hydrogen) atoms. The van der Waals surface area contributed by atoms with Gasteiger partial charge in [0.2, 0.25) is 11.7 Å². The predicted molar refractivity (Wildman–Crippen MR) is 81.7 cm³/mol. The van der Waals surface area contributed by atoms with E-state index in [2.05, 4.69) is 30.9 Å². The highest BCUT2D eigenvalue weighted by atomic mass is 16.5. The third kappa shape index (κ3) is 3.64. The first-order chi connectivity index (χ1) is 9.92. The monoisotopic (exact) mass is 295 g/mol. The van der Waals surface area contributed by atoms with Crippen LogP contribution < -0.4 is 5.73 Å². The molecular weight excluding hydrogens is 266 g/mol. The van der Waals surface area contributed by atoms with Crippen LogP contribution in [-0.4, -0.2) is 16.7 Å². The second kappa shape index (κ2) is 6.44. The van der Waals surface area contributed by atoms with Crippen molar-refractivity contribution in [1.82, 2.24) is 10.1 Å². The van der Waals surface area contributed by atoms with Gasteiger partial charge in [0.25, 0.3) is 0 Å². The molecule has 1 aromatic heterocycles. The maximum absolute atomic E-state index is 6.08. The van der Waals surface area contributed by atoms with Crippen LogP contribution in [0.2, 0.25) is 0 Å². The number of hydrogen-bond donors (Lipinski definition) is 1. The first-order valence-electron chi connectivity index (χ1n) is 8.16. The molecule has 0 saturated heterocycles. The molecule has 120 valence electrons. The van der Waals surface area contributed by atoms with Crippen molar-refractivity contribution in [3.63, 3.8) is 0 Å². The topological polar surface area (TPSA) is 74.2 Å². The van der Waals surface area contributed by atoms with E-state index >= 15 is 0 Å². The molecule has 1 heterocycles. The van der Waals surface area contributed by atoms with Crippen molar-refractivity contribution in [2.45, 2.75) is 77.9 Å². The smallest absolute Gasteiger partial charge is 0.243 e. The summed E-state index contributed by atoms with van der Waals surface area (Å²) in [5.41, 5.74) is 6.05. The van der Waals surface area contributed by atoms with Gasteiger partial charge in [-0.15, -0.1) is 0 Å². The van der Waals surface area contributed by atoms with Crippen LogP contribution in [-0.2, 0) is 10.3 Å². The SMILES string of the molecule is CCC[C@H](N)c1nc(C2(OCC)CCC(C)(C)CC2)no1. The number of nitrogens with two attached hydrogens (primary N) is 1. The first kappa shape index (κ1) is 16.4. The van der Waals surface area contributed by atoms with Crippen LogP contribution in [0.15, 0.2) is 4.52 Å². The highest BCUT2D eigenvalue weighted by Gasteiger charge is 2.44. The van der Waals surface area contributed by atoms with Crippen LogP contribution in [0.4, 0.5) is 0 Å². The third-order valence-electron chi connectivity index (χ3n) is 4.60. The number of rotatable bonds is 6. The molecule has 5 heteroatoms. The van der Waals surface area contributed by atoms with E-state index in [1.165, 1.54) is 0 Å². The summed E-state index contributed by atoms with van der Waals surface area (Å²) in [5, 5.41) is 4.19. The highest BCUT2D eigenvalue weighted by molar-refractivity contribution is 5.06. The Labute approximate surface area is 127 Å². The molecule has 0 radical (unpaired) electrons. The van der Waals surface area contributed by atoms with Gasteiger partial charge in [-0.25, -0.2) is 0 Å². The lowest BCUT2D eigenvalue weighted by atomic mass is 9.70. The molecule has 1 atom stereocenters. The minimum atomic E-state index is -0.391. The van der Waals surface area contributed by atoms with Gasteiger partial charge in [-0.3, -0.25) is 0 Å². The van der Waals surface area contributed by atoms with Gasteiger partial charge >= 0.3 is 0 Å². The van der Waals surface area contributed by atoms with Gasteiger partial charge in [0.15, 0.2) is 0 Å². The van der Waals surface area contributed by atoms with Gasteiger partial charge in [0.1, 0.15) is 5.60 Å². The molecule has 2 N–H and O–H groups in total. The second-order valence-electron chi connectivity index (χ2n) is 6.94. The third-order valence-corrected chi connectivity index (χ3v) is 4.60. The Morgan fingerprint density at radius 1 is 1.24 bits per heavy atom. The fourth-order valence-corrected chi connectivity index (χ4v) is 3.04. The maximum Gasteiger partial charge on any atom is 0.243 e. The van der Waals surface area contributed by atoms with Crippen molar-refractivity contribution in [3.8, 4) is 0 Å². The quantitative estimate of drug-likeness (QED) is 0.866. The lowest BCUT2D eigenvalue weighted by Gasteiger charge is -2.41. The van der Waals surface area contributed by atoms with Gasteiger partial charge in [-0.05, 0) is 44.4 Å². The van der Waals surface area contributed by atoms with E-state index in [9.17, 15) is 0 Å². The fourth-order valence-electron chi connectivity index (χ4n) is 3.04. The lowest BCUT2D eigenvalue weighted by Crippen LogP contribution is -2.38. The van der Waals surface area contributed by atoms with Gasteiger partial charge in [0, 0.05) is 6.61 Å². The Balaban J connectivity index is 2.19. The Bertz CT molecular complexity index is 446. The second-order valence-corrected chi connectivity index (χ2v) is 6.94. The van der Waals surface area contributed by atoms with Crippen LogP contribution in [0.3, 0.4) is 0 Å². The Morgan fingerprint density at radius 2 is 1.90 bits per heavy atom. The minimum Gasteiger partial charge on any atom is -0.367 e. The van der Waals surface area contributed by atoms with E-state index in [1.807, 2.05) is 6.92 Å². The van der Waals surface area contributed by atoms with Gasteiger partial charge in [0.05, 0.1) is 6.04 Å². The molecule has 0 unspecified atom stereocenters. The van der Waals surface area contributed by atoms with Gasteiger partial charge in [-0.1, -0.05) is 32.3 Å². The zero-order valence-electron chi connectivity index (χ0n) is 13.8. The predicted octanol–water partition coefficient (Wildman–Crippen LogP) is 3.70. The molecule has 1 aliphatic carbocycles. The lowest BCUT2D eigenvalue weighted by molar-refractivity contribution is -0.0957. The van der Waals surface area contributed by atoms with Crippen LogP contribution in [0.25, 0.3) is 0 Å². The van der Waals surface area contributed by atoms with Crippen LogP contribution in [0.1, 0.15) is 84.0 Å². The molecule has 0 aliphatic heterocycles. The van der Waals surface area contributed by atoms with Crippen molar-refractivity contribution in [2.24, 2.45) is 11.1 Å². The molecule has 0 amide bonds. The summed E-state index contributed by atoms with van der Waals surface area (Å²) in [6.45, 7) is 9.39. The van der Waals surface area contributed by atoms with Crippen molar-refractivity contribution in [1.29, 1.82) is 0 Å². The molecule has 0 bridgehead atoms. The summed E-state index contributed by atoms with van der Waals surface area (Å²) < 4.78 is 11.5. The number of nitrogens with zero attached hydrogens (tertiary/aromatic N) is 2. The fraction of sp³-hybridized carbons (Fsp3) is 0.875. The van der Waals surface area contributed by atoms with E-state index in [0.29, 0.717) is 23.7 Å². The summed E-state index contributed by atoms with van der Waals surface area (Å²) in [4.78, 5) is 4.56. The van der Waals surface area contributed by atoms with Crippen molar-refractivity contribution < 1.29 is 9.26 Å². The van der Waals surface area contributed by atoms with E-state index < -0.39 is 5.60 Å². The summed E-state index contributed by atoms with van der Waals surface area (Å²) in [6.07, 6.45) is 5.96. The number of aromatic nitrogens is 2. The average molecular weight is 295 g/mol. The molecule has 1 aromatic rings. The van der Waals surface area contributed by atoms with Crippen LogP contribution >= 0.6 is 0 Å². The zero-order chi connectivity index (χ0) is 15.5. The standard InChI is InChI=1S/C16H29N3O2/c1-5-7-12(17)13-18-14(19-21-13)16(20-6-2)10-8-15(3,4)9-11-16/h12H,5-11,17H2,1-4H3/t12-/m0/s1. The summed E-state index contributed by atoms with van der Waals surface area (Å²) >= 11 is 0. The molecule has 0 aromatic carbocycles. The summed E-state index contributed by atoms with van der Waals surface area (Å²) in [5.74, 6) is 1.22.